The number of fused-ring (bicyclic) bond motifs is 1. The summed E-state index contributed by atoms with van der Waals surface area (Å²) in [4.78, 5) is 65.3. The van der Waals surface area contributed by atoms with Gasteiger partial charge in [-0.1, -0.05) is 18.2 Å². The summed E-state index contributed by atoms with van der Waals surface area (Å²) < 4.78 is 0. The number of primary amides is 1. The Kier molecular flexibility index (Phi) is 13.1. The number of hydrogen-bond donors (Lipinski definition) is 7. The number of aromatic amines is 1. The molecule has 4 atom stereocenters. The number of H-pyrrole nitrogens is 1. The molecular weight excluding hydrogens is 544 g/mol. The van der Waals surface area contributed by atoms with Gasteiger partial charge in [0, 0.05) is 17.1 Å². The van der Waals surface area contributed by atoms with Crippen LogP contribution >= 0.6 is 23.5 Å². The fourth-order valence-corrected chi connectivity index (χ4v) is 4.80. The van der Waals surface area contributed by atoms with Crippen molar-refractivity contribution >= 4 is 64.0 Å². The van der Waals surface area contributed by atoms with Crippen molar-refractivity contribution in [3.63, 3.8) is 0 Å². The second kappa shape index (κ2) is 16.0. The first-order valence-corrected chi connectivity index (χ1v) is 15.1. The smallest absolute Gasteiger partial charge is 0.326 e. The highest BCUT2D eigenvalue weighted by molar-refractivity contribution is 7.98. The van der Waals surface area contributed by atoms with Gasteiger partial charge in [0.05, 0.1) is 12.5 Å². The molecule has 39 heavy (non-hydrogen) atoms. The number of carbonyl (C=O) groups excluding carboxylic acids is 4. The van der Waals surface area contributed by atoms with Gasteiger partial charge in [-0.05, 0) is 54.9 Å². The molecule has 4 unspecified atom stereocenters. The van der Waals surface area contributed by atoms with Crippen LogP contribution in [0.15, 0.2) is 30.5 Å². The first-order valence-electron chi connectivity index (χ1n) is 12.3. The van der Waals surface area contributed by atoms with Gasteiger partial charge in [0.1, 0.15) is 18.1 Å². The number of thioether (sulfide) groups is 2. The summed E-state index contributed by atoms with van der Waals surface area (Å²) >= 11 is 2.88. The lowest BCUT2D eigenvalue weighted by atomic mass is 10.0. The van der Waals surface area contributed by atoms with E-state index in [9.17, 15) is 29.1 Å². The second-order valence-electron chi connectivity index (χ2n) is 8.93. The molecule has 0 bridgehead atoms. The van der Waals surface area contributed by atoms with Crippen molar-refractivity contribution in [2.75, 3.05) is 24.0 Å². The van der Waals surface area contributed by atoms with Crippen molar-refractivity contribution in [2.24, 2.45) is 11.5 Å². The van der Waals surface area contributed by atoms with E-state index in [1.54, 1.807) is 6.20 Å². The zero-order valence-corrected chi connectivity index (χ0v) is 23.5. The van der Waals surface area contributed by atoms with Gasteiger partial charge in [0.25, 0.3) is 0 Å². The maximum Gasteiger partial charge on any atom is 0.326 e. The number of rotatable bonds is 17. The minimum absolute atomic E-state index is 0.173. The van der Waals surface area contributed by atoms with E-state index >= 15 is 0 Å². The minimum Gasteiger partial charge on any atom is -0.480 e. The van der Waals surface area contributed by atoms with Crippen molar-refractivity contribution < 1.29 is 29.1 Å². The molecule has 1 aromatic carbocycles. The molecule has 0 aliphatic rings. The van der Waals surface area contributed by atoms with Crippen molar-refractivity contribution in [3.05, 3.63) is 36.0 Å². The zero-order chi connectivity index (χ0) is 28.9. The van der Waals surface area contributed by atoms with E-state index in [1.165, 1.54) is 23.5 Å². The fourth-order valence-electron chi connectivity index (χ4n) is 3.86. The first kappa shape index (κ1) is 32.0. The summed E-state index contributed by atoms with van der Waals surface area (Å²) in [5.74, 6) is -3.17. The normalized spacial score (nSPS) is 14.1. The lowest BCUT2D eigenvalue weighted by molar-refractivity contribution is -0.142. The maximum atomic E-state index is 13.1. The van der Waals surface area contributed by atoms with Crippen LogP contribution in [0.1, 0.15) is 24.8 Å². The number of carboxylic acids is 1. The Morgan fingerprint density at radius 3 is 2.08 bits per heavy atom. The van der Waals surface area contributed by atoms with E-state index in [4.69, 9.17) is 11.5 Å². The highest BCUT2D eigenvalue weighted by Gasteiger charge is 2.31. The number of para-hydroxylation sites is 1. The predicted octanol–water partition coefficient (Wildman–Crippen LogP) is -0.0417. The van der Waals surface area contributed by atoms with Crippen molar-refractivity contribution in [2.45, 2.75) is 49.9 Å². The van der Waals surface area contributed by atoms with Crippen LogP contribution in [-0.4, -0.2) is 87.9 Å². The molecule has 1 aromatic heterocycles. The molecule has 12 nitrogen and oxygen atoms in total. The third-order valence-electron chi connectivity index (χ3n) is 5.96. The lowest BCUT2D eigenvalue weighted by Crippen LogP contribution is -2.58. The Labute approximate surface area is 235 Å². The maximum absolute atomic E-state index is 13.1. The van der Waals surface area contributed by atoms with Crippen LogP contribution in [0.3, 0.4) is 0 Å². The zero-order valence-electron chi connectivity index (χ0n) is 21.9. The number of amides is 4. The van der Waals surface area contributed by atoms with Crippen LogP contribution in [0, 0.1) is 0 Å². The molecule has 4 amide bonds. The number of carboxylic acid groups (broad SMARTS) is 1. The van der Waals surface area contributed by atoms with Crippen molar-refractivity contribution in [1.29, 1.82) is 0 Å². The molecule has 0 fully saturated rings. The molecule has 9 N–H and O–H groups in total. The van der Waals surface area contributed by atoms with Gasteiger partial charge in [0.2, 0.25) is 23.6 Å². The standard InChI is InChI=1S/C25H36N6O6S2/c1-38-9-7-18(23(34)30-19(25(36)37)8-10-39-2)29-24(35)20(12-21(27)32)31-22(33)16(26)11-14-13-28-17-6-4-3-5-15(14)17/h3-6,13,16,18-20,28H,7-12,26H2,1-2H3,(H2,27,32)(H,29,35)(H,30,34)(H,31,33)(H,36,37). The highest BCUT2D eigenvalue weighted by atomic mass is 32.2. The van der Waals surface area contributed by atoms with Gasteiger partial charge in [0.15, 0.2) is 0 Å². The number of hydrogen-bond acceptors (Lipinski definition) is 8. The van der Waals surface area contributed by atoms with E-state index in [1.807, 2.05) is 36.8 Å². The van der Waals surface area contributed by atoms with Gasteiger partial charge < -0.3 is 37.5 Å². The van der Waals surface area contributed by atoms with E-state index in [2.05, 4.69) is 20.9 Å². The minimum atomic E-state index is -1.37. The summed E-state index contributed by atoms with van der Waals surface area (Å²) in [7, 11) is 0. The summed E-state index contributed by atoms with van der Waals surface area (Å²) in [5, 5.41) is 17.8. The number of nitrogens with one attached hydrogen (secondary N) is 4. The van der Waals surface area contributed by atoms with Crippen molar-refractivity contribution in [3.8, 4) is 0 Å². The molecule has 1 heterocycles. The SMILES string of the molecule is CSCCC(NC(=O)C(CCSC)NC(=O)C(CC(N)=O)NC(=O)C(N)Cc1c[nH]c2ccccc12)C(=O)O. The average molecular weight is 581 g/mol. The average Bonchev–Trinajstić information content (AvgIpc) is 3.30. The molecule has 0 aliphatic heterocycles. The summed E-state index contributed by atoms with van der Waals surface area (Å²) in [6, 6.07) is 2.91. The summed E-state index contributed by atoms with van der Waals surface area (Å²) in [6.45, 7) is 0. The van der Waals surface area contributed by atoms with Gasteiger partial charge >= 0.3 is 5.97 Å². The van der Waals surface area contributed by atoms with Crippen molar-refractivity contribution in [1.82, 2.24) is 20.9 Å². The number of nitrogens with two attached hydrogens (primary N) is 2. The Morgan fingerprint density at radius 2 is 1.46 bits per heavy atom. The monoisotopic (exact) mass is 580 g/mol. The third-order valence-corrected chi connectivity index (χ3v) is 7.25. The van der Waals surface area contributed by atoms with Gasteiger partial charge in [-0.15, -0.1) is 0 Å². The molecule has 0 aliphatic carbocycles. The Bertz CT molecular complexity index is 1160. The number of aromatic nitrogens is 1. The van der Waals surface area contributed by atoms with E-state index in [0.29, 0.717) is 11.5 Å². The second-order valence-corrected chi connectivity index (χ2v) is 10.9. The molecule has 0 spiro atoms. The molecule has 214 valence electrons. The number of aliphatic carboxylic acids is 1. The molecule has 0 saturated heterocycles. The Balaban J connectivity index is 2.11. The highest BCUT2D eigenvalue weighted by Crippen LogP contribution is 2.19. The van der Waals surface area contributed by atoms with E-state index in [0.717, 1.165) is 16.5 Å². The summed E-state index contributed by atoms with van der Waals surface area (Å²) in [5.41, 5.74) is 13.1. The number of benzene rings is 1. The molecule has 0 saturated carbocycles. The largest absolute Gasteiger partial charge is 0.480 e. The number of carbonyl (C=O) groups is 5. The molecule has 0 radical (unpaired) electrons. The molecule has 2 rings (SSSR count). The van der Waals surface area contributed by atoms with Gasteiger partial charge in [-0.25, -0.2) is 4.79 Å². The van der Waals surface area contributed by atoms with Crippen LogP contribution in [0.5, 0.6) is 0 Å². The quantitative estimate of drug-likeness (QED) is 0.134. The molecule has 2 aromatic rings. The summed E-state index contributed by atoms with van der Waals surface area (Å²) in [6.07, 6.45) is 5.46. The van der Waals surface area contributed by atoms with E-state index < -0.39 is 60.2 Å². The predicted molar refractivity (Wildman–Crippen MR) is 153 cm³/mol. The van der Waals surface area contributed by atoms with E-state index in [-0.39, 0.29) is 19.3 Å². The Morgan fingerprint density at radius 1 is 0.897 bits per heavy atom. The van der Waals surface area contributed by atoms with Crippen LogP contribution in [0.2, 0.25) is 0 Å². The molecular formula is C25H36N6O6S2. The Hall–Kier alpha value is -3.23. The fraction of sp³-hybridized carbons (Fsp3) is 0.480. The van der Waals surface area contributed by atoms with Gasteiger partial charge in [-0.2, -0.15) is 23.5 Å². The van der Waals surface area contributed by atoms with Crippen LogP contribution in [-0.2, 0) is 30.4 Å². The topological polar surface area (TPSA) is 209 Å². The lowest BCUT2D eigenvalue weighted by Gasteiger charge is -2.24. The van der Waals surface area contributed by atoms with Crippen LogP contribution in [0.25, 0.3) is 10.9 Å². The van der Waals surface area contributed by atoms with Crippen LogP contribution < -0.4 is 27.4 Å². The van der Waals surface area contributed by atoms with Crippen LogP contribution in [0.4, 0.5) is 0 Å². The first-order chi connectivity index (χ1) is 18.6. The van der Waals surface area contributed by atoms with Gasteiger partial charge in [-0.3, -0.25) is 19.2 Å². The molecule has 14 heteroatoms. The third kappa shape index (κ3) is 10.1.